The van der Waals surface area contributed by atoms with E-state index in [-0.39, 0.29) is 5.82 Å². The van der Waals surface area contributed by atoms with Crippen LogP contribution in [0.25, 0.3) is 33.4 Å². The topological polar surface area (TPSA) is 66.5 Å². The second kappa shape index (κ2) is 9.28. The third kappa shape index (κ3) is 4.24. The summed E-state index contributed by atoms with van der Waals surface area (Å²) in [4.78, 5) is 9.30. The molecule has 35 heavy (non-hydrogen) atoms. The van der Waals surface area contributed by atoms with Crippen molar-refractivity contribution in [3.8, 4) is 28.3 Å². The maximum absolute atomic E-state index is 14.9. The van der Waals surface area contributed by atoms with Crippen molar-refractivity contribution in [3.63, 3.8) is 0 Å². The number of aromatic amines is 1. The van der Waals surface area contributed by atoms with E-state index in [2.05, 4.69) is 50.2 Å². The molecular weight excluding hydrogens is 445 g/mol. The van der Waals surface area contributed by atoms with E-state index in [4.69, 9.17) is 9.47 Å². The van der Waals surface area contributed by atoms with Gasteiger partial charge in [0.05, 0.1) is 42.8 Å². The van der Waals surface area contributed by atoms with E-state index in [1.54, 1.807) is 18.3 Å². The standard InChI is InChI=1S/C27H28FN5O2/c1-32-8-10-33(11-9-32)24-7-6-18-14-19(24)17-34-12-3-13-35-25-5-2-4-21(28)26(25)22-15-20-23(16-29-22)30-31-27(18)20/h2,4-7,14-16H,3,8-13,17H2,1H3,(H,30,31). The fourth-order valence-electron chi connectivity index (χ4n) is 4.88. The van der Waals surface area contributed by atoms with E-state index in [1.165, 1.54) is 11.8 Å². The SMILES string of the molecule is CN1CCN(c2ccc3cc2COCCCOc2cccc(F)c2-c2cc4c-3n[nH]c4cn2)CC1. The summed E-state index contributed by atoms with van der Waals surface area (Å²) in [6, 6.07) is 13.2. The molecule has 2 aliphatic rings. The smallest absolute Gasteiger partial charge is 0.136 e. The van der Waals surface area contributed by atoms with Gasteiger partial charge in [-0.25, -0.2) is 4.39 Å². The summed E-state index contributed by atoms with van der Waals surface area (Å²) in [5.74, 6) is 0.119. The van der Waals surface area contributed by atoms with Crippen LogP contribution in [-0.2, 0) is 11.3 Å². The Bertz CT molecular complexity index is 1360. The Labute approximate surface area is 203 Å². The average Bonchev–Trinajstić information content (AvgIpc) is 3.29. The van der Waals surface area contributed by atoms with Gasteiger partial charge in [-0.1, -0.05) is 12.1 Å². The number of nitrogens with one attached hydrogen (secondary N) is 1. The summed E-state index contributed by atoms with van der Waals surface area (Å²) < 4.78 is 27.0. The fourth-order valence-corrected chi connectivity index (χ4v) is 4.88. The number of ether oxygens (including phenoxy) is 2. The number of aromatic nitrogens is 3. The number of hydrogen-bond acceptors (Lipinski definition) is 6. The van der Waals surface area contributed by atoms with Crippen LogP contribution in [0.5, 0.6) is 5.75 Å². The molecule has 0 spiro atoms. The van der Waals surface area contributed by atoms with Crippen LogP contribution in [-0.4, -0.2) is 66.5 Å². The minimum atomic E-state index is -0.362. The predicted octanol–water partition coefficient (Wildman–Crippen LogP) is 4.48. The van der Waals surface area contributed by atoms with Gasteiger partial charge in [-0.2, -0.15) is 5.10 Å². The van der Waals surface area contributed by atoms with Crippen molar-refractivity contribution < 1.29 is 13.9 Å². The molecule has 0 atom stereocenters. The molecule has 0 aliphatic carbocycles. The Morgan fingerprint density at radius 3 is 2.80 bits per heavy atom. The zero-order valence-corrected chi connectivity index (χ0v) is 19.8. The lowest BCUT2D eigenvalue weighted by molar-refractivity contribution is 0.107. The number of benzene rings is 2. The molecule has 2 aromatic carbocycles. The van der Waals surface area contributed by atoms with Crippen molar-refractivity contribution in [2.24, 2.45) is 0 Å². The average molecular weight is 474 g/mol. The molecule has 1 saturated heterocycles. The van der Waals surface area contributed by atoms with Gasteiger partial charge in [0.15, 0.2) is 0 Å². The molecule has 2 aliphatic heterocycles. The number of anilines is 1. The molecule has 1 N–H and O–H groups in total. The van der Waals surface area contributed by atoms with Gasteiger partial charge in [-0.3, -0.25) is 10.1 Å². The highest BCUT2D eigenvalue weighted by molar-refractivity contribution is 5.95. The monoisotopic (exact) mass is 473 g/mol. The van der Waals surface area contributed by atoms with Crippen molar-refractivity contribution >= 4 is 16.6 Å². The summed E-state index contributed by atoms with van der Waals surface area (Å²) in [7, 11) is 2.16. The molecule has 7 nitrogen and oxygen atoms in total. The Kier molecular flexibility index (Phi) is 5.83. The van der Waals surface area contributed by atoms with Gasteiger partial charge < -0.3 is 19.3 Å². The van der Waals surface area contributed by atoms with Gasteiger partial charge in [0.25, 0.3) is 0 Å². The number of piperazine rings is 1. The third-order valence-electron chi connectivity index (χ3n) is 6.82. The van der Waals surface area contributed by atoms with Crippen molar-refractivity contribution in [3.05, 3.63) is 60.0 Å². The Morgan fingerprint density at radius 1 is 1.03 bits per heavy atom. The van der Waals surface area contributed by atoms with Crippen LogP contribution >= 0.6 is 0 Å². The number of likely N-dealkylation sites (N-methyl/N-ethyl adjacent to an activating group) is 1. The first kappa shape index (κ1) is 22.0. The fraction of sp³-hybridized carbons (Fsp3) is 0.333. The van der Waals surface area contributed by atoms with Gasteiger partial charge in [-0.15, -0.1) is 0 Å². The van der Waals surface area contributed by atoms with E-state index in [9.17, 15) is 4.39 Å². The first-order chi connectivity index (χ1) is 17.2. The predicted molar refractivity (Wildman–Crippen MR) is 134 cm³/mol. The summed E-state index contributed by atoms with van der Waals surface area (Å²) >= 11 is 0. The largest absolute Gasteiger partial charge is 0.493 e. The van der Waals surface area contributed by atoms with Crippen molar-refractivity contribution in [2.75, 3.05) is 51.3 Å². The molecule has 6 rings (SSSR count). The summed E-state index contributed by atoms with van der Waals surface area (Å²) in [6.45, 7) is 5.54. The van der Waals surface area contributed by atoms with Gasteiger partial charge in [0.2, 0.25) is 0 Å². The molecule has 0 saturated carbocycles. The molecule has 4 bridgehead atoms. The van der Waals surface area contributed by atoms with Gasteiger partial charge in [-0.05, 0) is 37.4 Å². The Hall–Kier alpha value is -3.49. The molecule has 4 aromatic rings. The first-order valence-corrected chi connectivity index (χ1v) is 12.1. The van der Waals surface area contributed by atoms with Crippen LogP contribution in [0.2, 0.25) is 0 Å². The number of halogens is 1. The number of H-pyrrole nitrogens is 1. The van der Waals surface area contributed by atoms with Crippen LogP contribution in [0, 0.1) is 5.82 Å². The second-order valence-corrected chi connectivity index (χ2v) is 9.19. The van der Waals surface area contributed by atoms with Crippen molar-refractivity contribution in [1.29, 1.82) is 0 Å². The minimum Gasteiger partial charge on any atom is -0.493 e. The lowest BCUT2D eigenvalue weighted by atomic mass is 10.0. The van der Waals surface area contributed by atoms with Gasteiger partial charge in [0.1, 0.15) is 17.3 Å². The lowest BCUT2D eigenvalue weighted by Gasteiger charge is -2.35. The number of fused-ring (bicyclic) bond motifs is 6. The highest BCUT2D eigenvalue weighted by atomic mass is 19.1. The second-order valence-electron chi connectivity index (χ2n) is 9.19. The maximum Gasteiger partial charge on any atom is 0.136 e. The highest BCUT2D eigenvalue weighted by Gasteiger charge is 2.20. The Balaban J connectivity index is 1.47. The molecular formula is C27H28FN5O2. The molecule has 4 heterocycles. The van der Waals surface area contributed by atoms with Crippen molar-refractivity contribution in [2.45, 2.75) is 13.0 Å². The van der Waals surface area contributed by atoms with Crippen LogP contribution in [0.1, 0.15) is 12.0 Å². The van der Waals surface area contributed by atoms with Crippen LogP contribution < -0.4 is 9.64 Å². The van der Waals surface area contributed by atoms with Gasteiger partial charge >= 0.3 is 0 Å². The number of nitrogens with zero attached hydrogens (tertiary/aromatic N) is 4. The molecule has 180 valence electrons. The van der Waals surface area contributed by atoms with E-state index < -0.39 is 0 Å². The molecule has 0 radical (unpaired) electrons. The summed E-state index contributed by atoms with van der Waals surface area (Å²) in [5.41, 5.74) is 5.83. The van der Waals surface area contributed by atoms with Gasteiger partial charge in [0, 0.05) is 54.8 Å². The number of pyridine rings is 1. The molecule has 0 unspecified atom stereocenters. The number of rotatable bonds is 1. The third-order valence-corrected chi connectivity index (χ3v) is 6.82. The van der Waals surface area contributed by atoms with E-state index >= 15 is 0 Å². The molecule has 1 fully saturated rings. The maximum atomic E-state index is 14.9. The van der Waals surface area contributed by atoms with Crippen molar-refractivity contribution in [1.82, 2.24) is 20.1 Å². The summed E-state index contributed by atoms with van der Waals surface area (Å²) in [5, 5.41) is 8.57. The molecule has 2 aromatic heterocycles. The van der Waals surface area contributed by atoms with E-state index in [1.807, 2.05) is 6.07 Å². The molecule has 0 amide bonds. The van der Waals surface area contributed by atoms with E-state index in [0.717, 1.165) is 53.9 Å². The molecule has 8 heteroatoms. The minimum absolute atomic E-state index is 0.362. The van der Waals surface area contributed by atoms with Crippen LogP contribution in [0.3, 0.4) is 0 Å². The van der Waals surface area contributed by atoms with Crippen LogP contribution in [0.4, 0.5) is 10.1 Å². The number of hydrogen-bond donors (Lipinski definition) is 1. The summed E-state index contributed by atoms with van der Waals surface area (Å²) in [6.07, 6.45) is 2.41. The quantitative estimate of drug-likeness (QED) is 0.440. The van der Waals surface area contributed by atoms with E-state index in [0.29, 0.717) is 43.2 Å². The zero-order chi connectivity index (χ0) is 23.8. The highest BCUT2D eigenvalue weighted by Crippen LogP contribution is 2.36. The normalized spacial score (nSPS) is 17.0. The Morgan fingerprint density at radius 2 is 1.91 bits per heavy atom. The zero-order valence-electron chi connectivity index (χ0n) is 19.8. The first-order valence-electron chi connectivity index (χ1n) is 12.1. The van der Waals surface area contributed by atoms with Crippen LogP contribution in [0.15, 0.2) is 48.7 Å². The lowest BCUT2D eigenvalue weighted by Crippen LogP contribution is -2.44.